The maximum atomic E-state index is 13.9. The molecule has 1 fully saturated rings. The van der Waals surface area contributed by atoms with Gasteiger partial charge in [0.15, 0.2) is 0 Å². The van der Waals surface area contributed by atoms with Gasteiger partial charge in [-0.3, -0.25) is 4.90 Å². The Morgan fingerprint density at radius 3 is 2.12 bits per heavy atom. The van der Waals surface area contributed by atoms with Crippen LogP contribution < -0.4 is 0 Å². The Kier molecular flexibility index (Phi) is 4.74. The monoisotopic (exact) mass is 230 g/mol. The van der Waals surface area contributed by atoms with Crippen LogP contribution in [0.25, 0.3) is 0 Å². The molecule has 16 heavy (non-hydrogen) atoms. The summed E-state index contributed by atoms with van der Waals surface area (Å²) in [6, 6.07) is 0. The molecule has 0 saturated carbocycles. The van der Waals surface area contributed by atoms with E-state index < -0.39 is 6.17 Å². The molecule has 0 aliphatic carbocycles. The molecule has 1 aliphatic heterocycles. The molecule has 1 aliphatic rings. The highest BCUT2D eigenvalue weighted by molar-refractivity contribution is 4.84. The number of hydrogen-bond donors (Lipinski definition) is 0. The minimum atomic E-state index is -0.655. The molecule has 0 aromatic carbocycles. The molecule has 0 N–H and O–H groups in total. The van der Waals surface area contributed by atoms with E-state index >= 15 is 0 Å². The van der Waals surface area contributed by atoms with Crippen molar-refractivity contribution < 1.29 is 4.39 Å². The molecule has 0 unspecified atom stereocenters. The van der Waals surface area contributed by atoms with Gasteiger partial charge in [-0.2, -0.15) is 0 Å². The zero-order chi connectivity index (χ0) is 12.3. The fraction of sp³-hybridized carbons (Fsp3) is 1.00. The lowest BCUT2D eigenvalue weighted by atomic mass is 9.89. The van der Waals surface area contributed by atoms with Crippen LogP contribution in [-0.4, -0.2) is 55.2 Å². The standard InChI is InChI=1S/C13H27FN2/c1-13(2,3)16-8-6-11(7-9-16)12(14)10-15(4)5/h11-12H,6-10H2,1-5H3/t12-/m1/s1. The third-order valence-electron chi connectivity index (χ3n) is 3.54. The number of hydrogen-bond acceptors (Lipinski definition) is 2. The van der Waals surface area contributed by atoms with Crippen molar-refractivity contribution in [2.75, 3.05) is 33.7 Å². The molecule has 1 atom stereocenters. The molecule has 0 bridgehead atoms. The normalized spacial score (nSPS) is 22.7. The van der Waals surface area contributed by atoms with Crippen LogP contribution in [0.3, 0.4) is 0 Å². The molecular weight excluding hydrogens is 203 g/mol. The van der Waals surface area contributed by atoms with E-state index in [1.165, 1.54) is 0 Å². The Morgan fingerprint density at radius 1 is 1.25 bits per heavy atom. The summed E-state index contributed by atoms with van der Waals surface area (Å²) in [6.45, 7) is 9.37. The van der Waals surface area contributed by atoms with Gasteiger partial charge >= 0.3 is 0 Å². The van der Waals surface area contributed by atoms with Crippen LogP contribution in [0.2, 0.25) is 0 Å². The van der Waals surface area contributed by atoms with E-state index in [4.69, 9.17) is 0 Å². The van der Waals surface area contributed by atoms with Crippen LogP contribution >= 0.6 is 0 Å². The summed E-state index contributed by atoms with van der Waals surface area (Å²) in [7, 11) is 3.88. The largest absolute Gasteiger partial charge is 0.307 e. The van der Waals surface area contributed by atoms with Gasteiger partial charge in [-0.15, -0.1) is 0 Å². The maximum absolute atomic E-state index is 13.9. The smallest absolute Gasteiger partial charge is 0.116 e. The number of likely N-dealkylation sites (tertiary alicyclic amines) is 1. The highest BCUT2D eigenvalue weighted by Crippen LogP contribution is 2.27. The van der Waals surface area contributed by atoms with E-state index in [1.807, 2.05) is 19.0 Å². The summed E-state index contributed by atoms with van der Waals surface area (Å²) >= 11 is 0. The van der Waals surface area contributed by atoms with E-state index in [9.17, 15) is 4.39 Å². The van der Waals surface area contributed by atoms with Gasteiger partial charge in [-0.05, 0) is 66.7 Å². The Balaban J connectivity index is 2.37. The van der Waals surface area contributed by atoms with E-state index in [2.05, 4.69) is 25.7 Å². The minimum absolute atomic E-state index is 0.234. The summed E-state index contributed by atoms with van der Waals surface area (Å²) in [6.07, 6.45) is 1.36. The van der Waals surface area contributed by atoms with E-state index in [-0.39, 0.29) is 11.5 Å². The molecular formula is C13H27FN2. The van der Waals surface area contributed by atoms with Gasteiger partial charge < -0.3 is 4.90 Å². The van der Waals surface area contributed by atoms with Crippen LogP contribution in [0.1, 0.15) is 33.6 Å². The summed E-state index contributed by atoms with van der Waals surface area (Å²) in [5, 5.41) is 0. The van der Waals surface area contributed by atoms with Crippen molar-refractivity contribution in [1.82, 2.24) is 9.80 Å². The lowest BCUT2D eigenvalue weighted by molar-refractivity contribution is 0.0533. The lowest BCUT2D eigenvalue weighted by Gasteiger charge is -2.41. The van der Waals surface area contributed by atoms with Crippen molar-refractivity contribution in [2.24, 2.45) is 5.92 Å². The average molecular weight is 230 g/mol. The summed E-state index contributed by atoms with van der Waals surface area (Å²) in [4.78, 5) is 4.41. The Hall–Kier alpha value is -0.150. The minimum Gasteiger partial charge on any atom is -0.307 e. The first-order valence-electron chi connectivity index (χ1n) is 6.34. The molecule has 0 aromatic heterocycles. The van der Waals surface area contributed by atoms with Crippen LogP contribution in [0.15, 0.2) is 0 Å². The van der Waals surface area contributed by atoms with Crippen LogP contribution in [0.4, 0.5) is 4.39 Å². The fourth-order valence-corrected chi connectivity index (χ4v) is 2.43. The van der Waals surface area contributed by atoms with Gasteiger partial charge in [0.25, 0.3) is 0 Å². The third-order valence-corrected chi connectivity index (χ3v) is 3.54. The van der Waals surface area contributed by atoms with E-state index in [0.29, 0.717) is 6.54 Å². The Labute approximate surface area is 99.8 Å². The fourth-order valence-electron chi connectivity index (χ4n) is 2.43. The van der Waals surface area contributed by atoms with Gasteiger partial charge in [0, 0.05) is 12.1 Å². The molecule has 0 aromatic rings. The summed E-state index contributed by atoms with van der Waals surface area (Å²) in [5.41, 5.74) is 0.234. The SMILES string of the molecule is CN(C)C[C@@H](F)C1CCN(C(C)(C)C)CC1. The molecule has 96 valence electrons. The molecule has 0 amide bonds. The highest BCUT2D eigenvalue weighted by atomic mass is 19.1. The van der Waals surface area contributed by atoms with Crippen molar-refractivity contribution in [3.63, 3.8) is 0 Å². The predicted molar refractivity (Wildman–Crippen MR) is 67.5 cm³/mol. The molecule has 0 spiro atoms. The number of nitrogens with zero attached hydrogens (tertiary/aromatic N) is 2. The van der Waals surface area contributed by atoms with Gasteiger partial charge in [-0.25, -0.2) is 4.39 Å². The summed E-state index contributed by atoms with van der Waals surface area (Å²) in [5.74, 6) is 0.265. The van der Waals surface area contributed by atoms with E-state index in [0.717, 1.165) is 25.9 Å². The number of halogens is 1. The molecule has 3 heteroatoms. The van der Waals surface area contributed by atoms with Gasteiger partial charge in [0.2, 0.25) is 0 Å². The van der Waals surface area contributed by atoms with Crippen LogP contribution in [0.5, 0.6) is 0 Å². The first-order chi connectivity index (χ1) is 7.30. The second-order valence-corrected chi connectivity index (χ2v) is 6.27. The maximum Gasteiger partial charge on any atom is 0.116 e. The molecule has 1 rings (SSSR count). The Bertz CT molecular complexity index is 202. The van der Waals surface area contributed by atoms with Gasteiger partial charge in [-0.1, -0.05) is 0 Å². The zero-order valence-corrected chi connectivity index (χ0v) is 11.5. The predicted octanol–water partition coefficient (Wildman–Crippen LogP) is 2.40. The van der Waals surface area contributed by atoms with Crippen molar-refractivity contribution in [2.45, 2.75) is 45.3 Å². The van der Waals surface area contributed by atoms with Gasteiger partial charge in [0.1, 0.15) is 6.17 Å². The van der Waals surface area contributed by atoms with Crippen molar-refractivity contribution >= 4 is 0 Å². The molecule has 2 nitrogen and oxygen atoms in total. The molecule has 0 radical (unpaired) electrons. The molecule has 1 saturated heterocycles. The summed E-state index contributed by atoms with van der Waals surface area (Å²) < 4.78 is 13.9. The van der Waals surface area contributed by atoms with Gasteiger partial charge in [0.05, 0.1) is 0 Å². The van der Waals surface area contributed by atoms with Crippen LogP contribution in [0, 0.1) is 5.92 Å². The first kappa shape index (κ1) is 13.9. The lowest BCUT2D eigenvalue weighted by Crippen LogP contribution is -2.48. The second kappa shape index (κ2) is 5.46. The number of rotatable bonds is 3. The first-order valence-corrected chi connectivity index (χ1v) is 6.34. The average Bonchev–Trinajstić information content (AvgIpc) is 2.15. The molecule has 1 heterocycles. The van der Waals surface area contributed by atoms with E-state index in [1.54, 1.807) is 0 Å². The number of alkyl halides is 1. The quantitative estimate of drug-likeness (QED) is 0.734. The highest BCUT2D eigenvalue weighted by Gasteiger charge is 2.30. The van der Waals surface area contributed by atoms with Crippen LogP contribution in [-0.2, 0) is 0 Å². The van der Waals surface area contributed by atoms with Crippen molar-refractivity contribution in [1.29, 1.82) is 0 Å². The second-order valence-electron chi connectivity index (χ2n) is 6.27. The Morgan fingerprint density at radius 2 is 1.75 bits per heavy atom. The zero-order valence-electron chi connectivity index (χ0n) is 11.5. The third kappa shape index (κ3) is 4.02. The number of piperidine rings is 1. The topological polar surface area (TPSA) is 6.48 Å². The van der Waals surface area contributed by atoms with Crippen molar-refractivity contribution in [3.05, 3.63) is 0 Å². The van der Waals surface area contributed by atoms with Crippen molar-refractivity contribution in [3.8, 4) is 0 Å².